The lowest BCUT2D eigenvalue weighted by Crippen LogP contribution is -2.30. The lowest BCUT2D eigenvalue weighted by molar-refractivity contribution is 0.101. The van der Waals surface area contributed by atoms with Crippen LogP contribution in [-0.2, 0) is 4.74 Å². The van der Waals surface area contributed by atoms with Crippen molar-refractivity contribution < 1.29 is 9.47 Å². The minimum atomic E-state index is 0.218. The summed E-state index contributed by atoms with van der Waals surface area (Å²) < 4.78 is 10.8. The Hall–Kier alpha value is -1.56. The average Bonchev–Trinajstić information content (AvgIpc) is 2.82. The van der Waals surface area contributed by atoms with E-state index in [9.17, 15) is 0 Å². The topological polar surface area (TPSA) is 82.3 Å². The number of nitrogens with two attached hydrogens (primary N) is 1. The molecule has 1 aromatic rings. The van der Waals surface area contributed by atoms with Gasteiger partial charge in [0.2, 0.25) is 5.88 Å². The smallest absolute Gasteiger partial charge is 0.242 e. The van der Waals surface area contributed by atoms with Gasteiger partial charge in [0.1, 0.15) is 12.0 Å². The first-order valence-electron chi connectivity index (χ1n) is 6.28. The van der Waals surface area contributed by atoms with E-state index in [0.29, 0.717) is 24.0 Å². The van der Waals surface area contributed by atoms with Crippen molar-refractivity contribution >= 4 is 11.5 Å². The molecule has 0 aliphatic heterocycles. The van der Waals surface area contributed by atoms with Crippen molar-refractivity contribution in [1.82, 2.24) is 9.97 Å². The molecule has 1 aliphatic carbocycles. The van der Waals surface area contributed by atoms with E-state index in [-0.39, 0.29) is 12.1 Å². The van der Waals surface area contributed by atoms with Crippen LogP contribution in [0.2, 0.25) is 0 Å². The fraction of sp³-hybridized carbons (Fsp3) is 0.667. The van der Waals surface area contributed by atoms with Crippen molar-refractivity contribution in [2.45, 2.75) is 38.3 Å². The van der Waals surface area contributed by atoms with Gasteiger partial charge in [-0.2, -0.15) is 4.98 Å². The van der Waals surface area contributed by atoms with Crippen LogP contribution in [0.3, 0.4) is 0 Å². The summed E-state index contributed by atoms with van der Waals surface area (Å²) in [5.41, 5.74) is 6.44. The molecule has 0 aromatic carbocycles. The molecular weight excluding hydrogens is 232 g/mol. The van der Waals surface area contributed by atoms with Gasteiger partial charge in [-0.25, -0.2) is 4.98 Å². The predicted octanol–water partition coefficient (Wildman–Crippen LogP) is 1.44. The molecule has 0 saturated heterocycles. The van der Waals surface area contributed by atoms with E-state index >= 15 is 0 Å². The van der Waals surface area contributed by atoms with Crippen molar-refractivity contribution in [2.75, 3.05) is 24.8 Å². The highest BCUT2D eigenvalue weighted by atomic mass is 16.5. The Morgan fingerprint density at radius 3 is 3.00 bits per heavy atom. The molecule has 1 aliphatic rings. The molecule has 6 nitrogen and oxygen atoms in total. The summed E-state index contributed by atoms with van der Waals surface area (Å²) in [6, 6.07) is 0.252. The van der Waals surface area contributed by atoms with Crippen LogP contribution in [-0.4, -0.2) is 35.8 Å². The van der Waals surface area contributed by atoms with E-state index in [2.05, 4.69) is 15.3 Å². The molecule has 0 spiro atoms. The highest BCUT2D eigenvalue weighted by Crippen LogP contribution is 2.29. The summed E-state index contributed by atoms with van der Waals surface area (Å²) in [5.74, 6) is 1.06. The minimum Gasteiger partial charge on any atom is -0.476 e. The van der Waals surface area contributed by atoms with Crippen molar-refractivity contribution in [3.8, 4) is 5.88 Å². The van der Waals surface area contributed by atoms with Crippen LogP contribution in [0.15, 0.2) is 6.33 Å². The molecule has 1 saturated carbocycles. The number of aromatic nitrogens is 2. The molecule has 2 atom stereocenters. The molecular formula is C12H20N4O2. The number of hydrogen-bond donors (Lipinski definition) is 2. The molecule has 18 heavy (non-hydrogen) atoms. The van der Waals surface area contributed by atoms with E-state index < -0.39 is 0 Å². The van der Waals surface area contributed by atoms with Crippen LogP contribution >= 0.6 is 0 Å². The Balaban J connectivity index is 2.11. The molecule has 100 valence electrons. The first kappa shape index (κ1) is 12.9. The molecule has 2 unspecified atom stereocenters. The molecule has 1 fully saturated rings. The Bertz CT molecular complexity index is 400. The Labute approximate surface area is 107 Å². The van der Waals surface area contributed by atoms with E-state index in [1.165, 1.54) is 6.33 Å². The number of rotatable bonds is 5. The molecule has 6 heteroatoms. The highest BCUT2D eigenvalue weighted by Gasteiger charge is 2.28. The van der Waals surface area contributed by atoms with E-state index in [4.69, 9.17) is 15.2 Å². The minimum absolute atomic E-state index is 0.218. The van der Waals surface area contributed by atoms with Crippen LogP contribution in [0.25, 0.3) is 0 Å². The molecule has 0 radical (unpaired) electrons. The number of nitrogen functional groups attached to an aromatic ring is 1. The molecule has 1 aromatic heterocycles. The van der Waals surface area contributed by atoms with E-state index in [0.717, 1.165) is 19.3 Å². The number of ether oxygens (including phenoxy) is 2. The maximum atomic E-state index is 5.98. The summed E-state index contributed by atoms with van der Waals surface area (Å²) >= 11 is 0. The van der Waals surface area contributed by atoms with Crippen LogP contribution < -0.4 is 15.8 Å². The maximum Gasteiger partial charge on any atom is 0.242 e. The summed E-state index contributed by atoms with van der Waals surface area (Å²) in [4.78, 5) is 8.18. The van der Waals surface area contributed by atoms with Gasteiger partial charge < -0.3 is 20.5 Å². The maximum absolute atomic E-state index is 5.98. The quantitative estimate of drug-likeness (QED) is 0.825. The zero-order valence-electron chi connectivity index (χ0n) is 10.8. The van der Waals surface area contributed by atoms with Crippen LogP contribution in [0, 0.1) is 0 Å². The summed E-state index contributed by atoms with van der Waals surface area (Å²) in [7, 11) is 1.74. The molecule has 3 N–H and O–H groups in total. The Kier molecular flexibility index (Phi) is 4.19. The first-order chi connectivity index (χ1) is 8.76. The van der Waals surface area contributed by atoms with E-state index in [1.54, 1.807) is 7.11 Å². The summed E-state index contributed by atoms with van der Waals surface area (Å²) in [6.07, 6.45) is 4.96. The van der Waals surface area contributed by atoms with Gasteiger partial charge in [0.05, 0.1) is 18.8 Å². The number of nitrogens with zero attached hydrogens (tertiary/aromatic N) is 2. The molecule has 0 amide bonds. The van der Waals surface area contributed by atoms with Crippen molar-refractivity contribution in [3.05, 3.63) is 6.33 Å². The largest absolute Gasteiger partial charge is 0.476 e. The standard InChI is InChI=1S/C12H20N4O2/c1-3-18-12-10(13)11(14-7-15-12)16-8-5-4-6-9(8)17-2/h7-9H,3-6,13H2,1-2H3,(H,14,15,16). The van der Waals surface area contributed by atoms with Crippen LogP contribution in [0.4, 0.5) is 11.5 Å². The second-order valence-electron chi connectivity index (χ2n) is 4.33. The van der Waals surface area contributed by atoms with Gasteiger partial charge in [0, 0.05) is 7.11 Å². The van der Waals surface area contributed by atoms with Crippen molar-refractivity contribution in [2.24, 2.45) is 0 Å². The molecule has 2 rings (SSSR count). The number of methoxy groups -OCH3 is 1. The lowest BCUT2D eigenvalue weighted by Gasteiger charge is -2.21. The zero-order valence-corrected chi connectivity index (χ0v) is 10.8. The van der Waals surface area contributed by atoms with Gasteiger partial charge in [-0.05, 0) is 26.2 Å². The van der Waals surface area contributed by atoms with Gasteiger partial charge in [0.25, 0.3) is 0 Å². The van der Waals surface area contributed by atoms with Crippen molar-refractivity contribution in [3.63, 3.8) is 0 Å². The SMILES string of the molecule is CCOc1ncnc(NC2CCCC2OC)c1N. The van der Waals surface area contributed by atoms with E-state index in [1.807, 2.05) is 6.92 Å². The lowest BCUT2D eigenvalue weighted by atomic mass is 10.2. The van der Waals surface area contributed by atoms with Crippen molar-refractivity contribution in [1.29, 1.82) is 0 Å². The van der Waals surface area contributed by atoms with Crippen LogP contribution in [0.1, 0.15) is 26.2 Å². The summed E-state index contributed by atoms with van der Waals surface area (Å²) in [5, 5.41) is 3.33. The summed E-state index contributed by atoms with van der Waals surface area (Å²) in [6.45, 7) is 2.43. The third kappa shape index (κ3) is 2.64. The predicted molar refractivity (Wildman–Crippen MR) is 69.7 cm³/mol. The second-order valence-corrected chi connectivity index (χ2v) is 4.33. The second kappa shape index (κ2) is 5.86. The number of anilines is 2. The Morgan fingerprint density at radius 1 is 1.44 bits per heavy atom. The zero-order chi connectivity index (χ0) is 13.0. The van der Waals surface area contributed by atoms with Gasteiger partial charge in [0.15, 0.2) is 5.82 Å². The number of hydrogen-bond acceptors (Lipinski definition) is 6. The van der Waals surface area contributed by atoms with Gasteiger partial charge in [-0.3, -0.25) is 0 Å². The highest BCUT2D eigenvalue weighted by molar-refractivity contribution is 5.66. The Morgan fingerprint density at radius 2 is 2.28 bits per heavy atom. The molecule has 1 heterocycles. The fourth-order valence-electron chi connectivity index (χ4n) is 2.30. The number of nitrogens with one attached hydrogen (secondary N) is 1. The molecule has 0 bridgehead atoms. The van der Waals surface area contributed by atoms with Gasteiger partial charge in [-0.1, -0.05) is 0 Å². The average molecular weight is 252 g/mol. The van der Waals surface area contributed by atoms with Gasteiger partial charge in [-0.15, -0.1) is 0 Å². The third-order valence-corrected chi connectivity index (χ3v) is 3.21. The fourth-order valence-corrected chi connectivity index (χ4v) is 2.30. The van der Waals surface area contributed by atoms with Crippen LogP contribution in [0.5, 0.6) is 5.88 Å². The first-order valence-corrected chi connectivity index (χ1v) is 6.28. The monoisotopic (exact) mass is 252 g/mol. The third-order valence-electron chi connectivity index (χ3n) is 3.21. The van der Waals surface area contributed by atoms with Gasteiger partial charge >= 0.3 is 0 Å². The normalized spacial score (nSPS) is 23.0.